The van der Waals surface area contributed by atoms with E-state index < -0.39 is 23.1 Å². The summed E-state index contributed by atoms with van der Waals surface area (Å²) < 4.78 is 22.5. The Hall–Kier alpha value is -1.82. The Morgan fingerprint density at radius 1 is 1.42 bits per heavy atom. The number of carbonyl (C=O) groups is 2. The standard InChI is InChI=1S/C12H13ClFNO4/c1-18-10-4-3-7(5-9(10)14)11(16)15-6-8(13)12(17)19-2/h3-5,8H,6H2,1-2H3,(H,15,16). The molecule has 1 N–H and O–H groups in total. The van der Waals surface area contributed by atoms with Crippen molar-refractivity contribution >= 4 is 23.5 Å². The Labute approximate surface area is 114 Å². The Morgan fingerprint density at radius 3 is 2.63 bits per heavy atom. The van der Waals surface area contributed by atoms with Crippen LogP contribution in [0.5, 0.6) is 5.75 Å². The van der Waals surface area contributed by atoms with Gasteiger partial charge in [0, 0.05) is 12.1 Å². The van der Waals surface area contributed by atoms with Crippen LogP contribution in [0.2, 0.25) is 0 Å². The number of ether oxygens (including phenoxy) is 2. The Bertz CT molecular complexity index is 481. The second-order valence-corrected chi connectivity index (χ2v) is 4.08. The van der Waals surface area contributed by atoms with E-state index in [1.165, 1.54) is 26.4 Å². The van der Waals surface area contributed by atoms with Crippen molar-refractivity contribution in [2.24, 2.45) is 0 Å². The number of benzene rings is 1. The second kappa shape index (κ2) is 6.94. The van der Waals surface area contributed by atoms with Crippen LogP contribution in [-0.4, -0.2) is 38.0 Å². The average molecular weight is 290 g/mol. The second-order valence-electron chi connectivity index (χ2n) is 3.55. The van der Waals surface area contributed by atoms with Crippen LogP contribution in [0.3, 0.4) is 0 Å². The summed E-state index contributed by atoms with van der Waals surface area (Å²) in [6.45, 7) is -0.110. The molecule has 1 atom stereocenters. The van der Waals surface area contributed by atoms with Crippen molar-refractivity contribution in [2.45, 2.75) is 5.38 Å². The van der Waals surface area contributed by atoms with Gasteiger partial charge in [0.25, 0.3) is 5.91 Å². The SMILES string of the molecule is COC(=O)C(Cl)CNC(=O)c1ccc(OC)c(F)c1. The predicted molar refractivity (Wildman–Crippen MR) is 66.9 cm³/mol. The van der Waals surface area contributed by atoms with Gasteiger partial charge in [-0.3, -0.25) is 9.59 Å². The van der Waals surface area contributed by atoms with Gasteiger partial charge in [-0.05, 0) is 18.2 Å². The van der Waals surface area contributed by atoms with Crippen LogP contribution in [0.15, 0.2) is 18.2 Å². The lowest BCUT2D eigenvalue weighted by Crippen LogP contribution is -2.34. The van der Waals surface area contributed by atoms with E-state index in [4.69, 9.17) is 16.3 Å². The lowest BCUT2D eigenvalue weighted by molar-refractivity contribution is -0.140. The van der Waals surface area contributed by atoms with E-state index in [1.54, 1.807) is 0 Å². The molecule has 0 saturated carbocycles. The largest absolute Gasteiger partial charge is 0.494 e. The zero-order valence-corrected chi connectivity index (χ0v) is 11.2. The number of rotatable bonds is 5. The Morgan fingerprint density at radius 2 is 2.11 bits per heavy atom. The number of alkyl halides is 1. The minimum Gasteiger partial charge on any atom is -0.494 e. The summed E-state index contributed by atoms with van der Waals surface area (Å²) in [5.41, 5.74) is 0.104. The molecule has 1 amide bonds. The number of amides is 1. The van der Waals surface area contributed by atoms with Gasteiger partial charge in [-0.15, -0.1) is 11.6 Å². The van der Waals surface area contributed by atoms with E-state index in [9.17, 15) is 14.0 Å². The average Bonchev–Trinajstić information content (AvgIpc) is 2.43. The molecule has 0 heterocycles. The van der Waals surface area contributed by atoms with Gasteiger partial charge in [0.05, 0.1) is 14.2 Å². The van der Waals surface area contributed by atoms with Crippen LogP contribution in [-0.2, 0) is 9.53 Å². The molecule has 0 aromatic heterocycles. The van der Waals surface area contributed by atoms with Crippen LogP contribution < -0.4 is 10.1 Å². The van der Waals surface area contributed by atoms with Crippen molar-refractivity contribution in [2.75, 3.05) is 20.8 Å². The zero-order valence-electron chi connectivity index (χ0n) is 10.4. The molecule has 1 aromatic carbocycles. The molecular weight excluding hydrogens is 277 g/mol. The molecule has 19 heavy (non-hydrogen) atoms. The number of hydrogen-bond donors (Lipinski definition) is 1. The van der Waals surface area contributed by atoms with Crippen LogP contribution >= 0.6 is 11.6 Å². The molecule has 0 saturated heterocycles. The minimum absolute atomic E-state index is 0.0429. The fourth-order valence-electron chi connectivity index (χ4n) is 1.30. The zero-order chi connectivity index (χ0) is 14.4. The molecule has 0 spiro atoms. The van der Waals surface area contributed by atoms with Gasteiger partial charge in [0.15, 0.2) is 11.6 Å². The van der Waals surface area contributed by atoms with Gasteiger partial charge >= 0.3 is 5.97 Å². The topological polar surface area (TPSA) is 64.6 Å². The molecule has 104 valence electrons. The third kappa shape index (κ3) is 4.10. The Balaban J connectivity index is 2.64. The minimum atomic E-state index is -0.989. The number of hydrogen-bond acceptors (Lipinski definition) is 4. The maximum Gasteiger partial charge on any atom is 0.325 e. The van der Waals surface area contributed by atoms with Gasteiger partial charge in [-0.1, -0.05) is 0 Å². The molecular formula is C12H13ClFNO4. The molecule has 0 radical (unpaired) electrons. The molecule has 0 fully saturated rings. The van der Waals surface area contributed by atoms with E-state index >= 15 is 0 Å². The third-order valence-corrected chi connectivity index (χ3v) is 2.65. The lowest BCUT2D eigenvalue weighted by Gasteiger charge is -2.09. The summed E-state index contributed by atoms with van der Waals surface area (Å²) in [5.74, 6) is -1.80. The van der Waals surface area contributed by atoms with Crippen molar-refractivity contribution in [3.8, 4) is 5.75 Å². The number of halogens is 2. The fraction of sp³-hybridized carbons (Fsp3) is 0.333. The van der Waals surface area contributed by atoms with Crippen LogP contribution in [0.4, 0.5) is 4.39 Å². The molecule has 0 aliphatic rings. The summed E-state index contributed by atoms with van der Waals surface area (Å²) in [4.78, 5) is 22.7. The van der Waals surface area contributed by atoms with E-state index in [-0.39, 0.29) is 17.9 Å². The molecule has 7 heteroatoms. The van der Waals surface area contributed by atoms with E-state index in [1.807, 2.05) is 0 Å². The quantitative estimate of drug-likeness (QED) is 0.656. The Kier molecular flexibility index (Phi) is 5.57. The maximum atomic E-state index is 13.4. The molecule has 1 unspecified atom stereocenters. The molecule has 0 aliphatic heterocycles. The van der Waals surface area contributed by atoms with E-state index in [2.05, 4.69) is 10.1 Å². The maximum absolute atomic E-state index is 13.4. The lowest BCUT2D eigenvalue weighted by atomic mass is 10.2. The highest BCUT2D eigenvalue weighted by molar-refractivity contribution is 6.30. The third-order valence-electron chi connectivity index (χ3n) is 2.31. The monoisotopic (exact) mass is 289 g/mol. The summed E-state index contributed by atoms with van der Waals surface area (Å²) in [6, 6.07) is 3.77. The van der Waals surface area contributed by atoms with Gasteiger partial charge in [0.2, 0.25) is 0 Å². The molecule has 5 nitrogen and oxygen atoms in total. The molecule has 0 aliphatic carbocycles. The van der Waals surface area contributed by atoms with E-state index in [0.717, 1.165) is 6.07 Å². The van der Waals surface area contributed by atoms with Crippen LogP contribution in [0.25, 0.3) is 0 Å². The molecule has 1 rings (SSSR count). The van der Waals surface area contributed by atoms with Gasteiger partial charge < -0.3 is 14.8 Å². The number of methoxy groups -OCH3 is 2. The summed E-state index contributed by atoms with van der Waals surface area (Å²) in [5, 5.41) is 1.41. The first-order valence-corrected chi connectivity index (χ1v) is 5.77. The number of nitrogens with one attached hydrogen (secondary N) is 1. The summed E-state index contributed by atoms with van der Waals surface area (Å²) in [7, 11) is 2.52. The van der Waals surface area contributed by atoms with E-state index in [0.29, 0.717) is 0 Å². The first-order valence-electron chi connectivity index (χ1n) is 5.33. The highest BCUT2D eigenvalue weighted by Crippen LogP contribution is 2.17. The van der Waals surface area contributed by atoms with Crippen molar-refractivity contribution in [3.63, 3.8) is 0 Å². The summed E-state index contributed by atoms with van der Waals surface area (Å²) >= 11 is 5.66. The molecule has 0 bridgehead atoms. The van der Waals surface area contributed by atoms with Gasteiger partial charge in [0.1, 0.15) is 5.38 Å². The highest BCUT2D eigenvalue weighted by Gasteiger charge is 2.17. The van der Waals surface area contributed by atoms with Crippen LogP contribution in [0.1, 0.15) is 10.4 Å². The van der Waals surface area contributed by atoms with Crippen LogP contribution in [0, 0.1) is 5.82 Å². The first-order chi connectivity index (χ1) is 8.99. The van der Waals surface area contributed by atoms with Crippen molar-refractivity contribution in [3.05, 3.63) is 29.6 Å². The van der Waals surface area contributed by atoms with Crippen molar-refractivity contribution in [1.29, 1.82) is 0 Å². The van der Waals surface area contributed by atoms with Crippen molar-refractivity contribution in [1.82, 2.24) is 5.32 Å². The number of esters is 1. The van der Waals surface area contributed by atoms with Gasteiger partial charge in [-0.2, -0.15) is 0 Å². The molecule has 1 aromatic rings. The predicted octanol–water partition coefficient (Wildman–Crippen LogP) is 1.34. The smallest absolute Gasteiger partial charge is 0.325 e. The van der Waals surface area contributed by atoms with Gasteiger partial charge in [-0.25, -0.2) is 4.39 Å². The van der Waals surface area contributed by atoms with Crippen molar-refractivity contribution < 1.29 is 23.5 Å². The number of carbonyl (C=O) groups excluding carboxylic acids is 2. The summed E-state index contributed by atoms with van der Waals surface area (Å²) in [6.07, 6.45) is 0. The first kappa shape index (κ1) is 15.2. The normalized spacial score (nSPS) is 11.6. The highest BCUT2D eigenvalue weighted by atomic mass is 35.5. The fourth-order valence-corrected chi connectivity index (χ4v) is 1.47.